The maximum absolute atomic E-state index is 11.3. The van der Waals surface area contributed by atoms with Gasteiger partial charge < -0.3 is 5.73 Å². The monoisotopic (exact) mass is 313 g/mol. The van der Waals surface area contributed by atoms with Crippen LogP contribution in [0.5, 0.6) is 0 Å². The van der Waals surface area contributed by atoms with E-state index in [1.165, 1.54) is 11.3 Å². The summed E-state index contributed by atoms with van der Waals surface area (Å²) in [5.74, 6) is 5.56. The van der Waals surface area contributed by atoms with Crippen LogP contribution in [-0.2, 0) is 5.75 Å². The van der Waals surface area contributed by atoms with Gasteiger partial charge >= 0.3 is 0 Å². The van der Waals surface area contributed by atoms with Crippen LogP contribution in [0.15, 0.2) is 35.2 Å². The number of carbonyl (C=O) groups is 1. The van der Waals surface area contributed by atoms with Crippen molar-refractivity contribution >= 4 is 46.3 Å². The summed E-state index contributed by atoms with van der Waals surface area (Å²) in [6, 6.07) is 9.10. The maximum atomic E-state index is 11.3. The Bertz CT molecular complexity index is 600. The van der Waals surface area contributed by atoms with Gasteiger partial charge in [0.05, 0.1) is 4.88 Å². The van der Waals surface area contributed by atoms with E-state index >= 15 is 0 Å². The van der Waals surface area contributed by atoms with E-state index in [1.54, 1.807) is 23.9 Å². The number of halogens is 1. The van der Waals surface area contributed by atoms with Gasteiger partial charge in [0.1, 0.15) is 0 Å². The molecular formula is C12H12ClN3OS2. The van der Waals surface area contributed by atoms with Crippen molar-refractivity contribution in [2.45, 2.75) is 10.6 Å². The molecule has 1 aromatic carbocycles. The number of thiophene rings is 1. The quantitative estimate of drug-likeness (QED) is 0.266. The third kappa shape index (κ3) is 3.63. The summed E-state index contributed by atoms with van der Waals surface area (Å²) in [5.41, 5.74) is 8.65. The number of hydrogen-bond acceptors (Lipinski definition) is 5. The van der Waals surface area contributed by atoms with E-state index in [0.29, 0.717) is 15.6 Å². The lowest BCUT2D eigenvalue weighted by Gasteiger charge is -2.04. The van der Waals surface area contributed by atoms with Gasteiger partial charge in [0.2, 0.25) is 0 Å². The average molecular weight is 314 g/mol. The normalized spacial score (nSPS) is 10.4. The topological polar surface area (TPSA) is 81.1 Å². The fourth-order valence-electron chi connectivity index (χ4n) is 1.45. The third-order valence-corrected chi connectivity index (χ3v) is 5.00. The largest absolute Gasteiger partial charge is 0.398 e. The van der Waals surface area contributed by atoms with Crippen molar-refractivity contribution in [3.05, 3.63) is 45.1 Å². The van der Waals surface area contributed by atoms with E-state index in [-0.39, 0.29) is 5.91 Å². The molecule has 0 aliphatic rings. The second-order valence-corrected chi connectivity index (χ2v) is 6.33. The first-order valence-electron chi connectivity index (χ1n) is 5.37. The SMILES string of the molecule is NNC(=O)c1ccc(CSc2ccc(Cl)cc2N)s1. The molecule has 5 N–H and O–H groups in total. The first kappa shape index (κ1) is 14.2. The number of amides is 1. The molecule has 1 aromatic heterocycles. The number of nitrogens with one attached hydrogen (secondary N) is 1. The number of carbonyl (C=O) groups excluding carboxylic acids is 1. The van der Waals surface area contributed by atoms with Crippen molar-refractivity contribution in [2.24, 2.45) is 5.84 Å². The molecule has 1 heterocycles. The number of nitrogen functional groups attached to an aromatic ring is 2. The van der Waals surface area contributed by atoms with E-state index in [0.717, 1.165) is 15.5 Å². The minimum atomic E-state index is -0.271. The van der Waals surface area contributed by atoms with Crippen LogP contribution in [-0.4, -0.2) is 5.91 Å². The highest BCUT2D eigenvalue weighted by molar-refractivity contribution is 7.98. The summed E-state index contributed by atoms with van der Waals surface area (Å²) in [7, 11) is 0. The zero-order valence-corrected chi connectivity index (χ0v) is 12.2. The van der Waals surface area contributed by atoms with Crippen LogP contribution in [0.1, 0.15) is 14.5 Å². The molecule has 0 fully saturated rings. The van der Waals surface area contributed by atoms with Crippen molar-refractivity contribution < 1.29 is 4.79 Å². The predicted octanol–water partition coefficient (Wildman–Crippen LogP) is 2.88. The molecule has 0 saturated heterocycles. The molecular weight excluding hydrogens is 302 g/mol. The van der Waals surface area contributed by atoms with Gasteiger partial charge in [-0.3, -0.25) is 10.2 Å². The third-order valence-electron chi connectivity index (χ3n) is 2.36. The molecule has 0 aliphatic carbocycles. The molecule has 1 amide bonds. The van der Waals surface area contributed by atoms with Gasteiger partial charge in [0.15, 0.2) is 0 Å². The summed E-state index contributed by atoms with van der Waals surface area (Å²) in [4.78, 5) is 14.0. The van der Waals surface area contributed by atoms with Gasteiger partial charge in [0.25, 0.3) is 5.91 Å². The highest BCUT2D eigenvalue weighted by Gasteiger charge is 2.08. The van der Waals surface area contributed by atoms with E-state index < -0.39 is 0 Å². The Morgan fingerprint density at radius 2 is 2.16 bits per heavy atom. The zero-order chi connectivity index (χ0) is 13.8. The molecule has 7 heteroatoms. The Morgan fingerprint density at radius 1 is 1.37 bits per heavy atom. The molecule has 2 aromatic rings. The van der Waals surface area contributed by atoms with Gasteiger partial charge in [-0.05, 0) is 30.3 Å². The number of rotatable bonds is 4. The fourth-order valence-corrected chi connectivity index (χ4v) is 3.53. The summed E-state index contributed by atoms with van der Waals surface area (Å²) < 4.78 is 0. The first-order chi connectivity index (χ1) is 9.10. The van der Waals surface area contributed by atoms with E-state index in [9.17, 15) is 4.79 Å². The molecule has 0 radical (unpaired) electrons. The molecule has 0 saturated carbocycles. The molecule has 4 nitrogen and oxygen atoms in total. The van der Waals surface area contributed by atoms with Crippen molar-refractivity contribution in [3.63, 3.8) is 0 Å². The molecule has 100 valence electrons. The number of hydrogen-bond donors (Lipinski definition) is 3. The van der Waals surface area contributed by atoms with Crippen LogP contribution in [0, 0.1) is 0 Å². The number of anilines is 1. The van der Waals surface area contributed by atoms with Crippen molar-refractivity contribution in [2.75, 3.05) is 5.73 Å². The van der Waals surface area contributed by atoms with Gasteiger partial charge in [0, 0.05) is 26.2 Å². The molecule has 0 bridgehead atoms. The van der Waals surface area contributed by atoms with Crippen LogP contribution >= 0.6 is 34.7 Å². The highest BCUT2D eigenvalue weighted by atomic mass is 35.5. The molecule has 0 aliphatic heterocycles. The Hall–Kier alpha value is -1.21. The van der Waals surface area contributed by atoms with Crippen molar-refractivity contribution in [1.29, 1.82) is 0 Å². The molecule has 0 spiro atoms. The summed E-state index contributed by atoms with van der Waals surface area (Å²) in [6.07, 6.45) is 0. The average Bonchev–Trinajstić information content (AvgIpc) is 2.85. The summed E-state index contributed by atoms with van der Waals surface area (Å²) >= 11 is 8.86. The lowest BCUT2D eigenvalue weighted by molar-refractivity contribution is 0.0957. The summed E-state index contributed by atoms with van der Waals surface area (Å²) in [5, 5.41) is 0.625. The Kier molecular flexibility index (Phi) is 4.71. The number of nitrogens with two attached hydrogens (primary N) is 2. The highest BCUT2D eigenvalue weighted by Crippen LogP contribution is 2.31. The Balaban J connectivity index is 2.02. The van der Waals surface area contributed by atoms with Gasteiger partial charge in [-0.25, -0.2) is 5.84 Å². The van der Waals surface area contributed by atoms with Crippen LogP contribution in [0.4, 0.5) is 5.69 Å². The maximum Gasteiger partial charge on any atom is 0.275 e. The van der Waals surface area contributed by atoms with E-state index in [2.05, 4.69) is 5.43 Å². The van der Waals surface area contributed by atoms with E-state index in [1.807, 2.05) is 18.2 Å². The van der Waals surface area contributed by atoms with Gasteiger partial charge in [-0.15, -0.1) is 23.1 Å². The molecule has 0 unspecified atom stereocenters. The standard InChI is InChI=1S/C12H12ClN3OS2/c13-7-1-3-10(9(14)5-7)18-6-8-2-4-11(19-8)12(17)16-15/h1-5H,6,14-15H2,(H,16,17). The van der Waals surface area contributed by atoms with Crippen molar-refractivity contribution in [1.82, 2.24) is 5.43 Å². The van der Waals surface area contributed by atoms with Crippen LogP contribution in [0.2, 0.25) is 5.02 Å². The van der Waals surface area contributed by atoms with Gasteiger partial charge in [-0.1, -0.05) is 11.6 Å². The smallest absolute Gasteiger partial charge is 0.275 e. The molecule has 2 rings (SSSR count). The summed E-state index contributed by atoms with van der Waals surface area (Å²) in [6.45, 7) is 0. The van der Waals surface area contributed by atoms with Crippen LogP contribution in [0.3, 0.4) is 0 Å². The fraction of sp³-hybridized carbons (Fsp3) is 0.0833. The van der Waals surface area contributed by atoms with Gasteiger partial charge in [-0.2, -0.15) is 0 Å². The predicted molar refractivity (Wildman–Crippen MR) is 81.4 cm³/mol. The lowest BCUT2D eigenvalue weighted by atomic mass is 10.3. The van der Waals surface area contributed by atoms with Crippen molar-refractivity contribution in [3.8, 4) is 0 Å². The second-order valence-electron chi connectivity index (χ2n) is 3.71. The molecule has 19 heavy (non-hydrogen) atoms. The minimum Gasteiger partial charge on any atom is -0.398 e. The Labute approximate surface area is 124 Å². The lowest BCUT2D eigenvalue weighted by Crippen LogP contribution is -2.29. The number of benzene rings is 1. The Morgan fingerprint density at radius 3 is 2.84 bits per heavy atom. The van der Waals surface area contributed by atoms with Crippen LogP contribution < -0.4 is 17.0 Å². The first-order valence-corrected chi connectivity index (χ1v) is 7.55. The second kappa shape index (κ2) is 6.29. The van der Waals surface area contributed by atoms with Crippen LogP contribution in [0.25, 0.3) is 0 Å². The number of hydrazine groups is 1. The minimum absolute atomic E-state index is 0.271. The zero-order valence-electron chi connectivity index (χ0n) is 9.85. The molecule has 0 atom stereocenters. The van der Waals surface area contributed by atoms with E-state index in [4.69, 9.17) is 23.2 Å². The number of thioether (sulfide) groups is 1.